The number of benzene rings is 1. The summed E-state index contributed by atoms with van der Waals surface area (Å²) in [5.74, 6) is -3.31. The summed E-state index contributed by atoms with van der Waals surface area (Å²) >= 11 is 1.46. The van der Waals surface area contributed by atoms with E-state index in [0.29, 0.717) is 16.7 Å². The van der Waals surface area contributed by atoms with Crippen LogP contribution in [0.3, 0.4) is 0 Å². The monoisotopic (exact) mass is 666 g/mol. The summed E-state index contributed by atoms with van der Waals surface area (Å²) in [7, 11) is 6.11. The summed E-state index contributed by atoms with van der Waals surface area (Å²) in [6.07, 6.45) is 3.88. The number of carbonyl (C=O) groups is 6. The lowest BCUT2D eigenvalue weighted by atomic mass is 10.0. The number of quaternary nitrogens is 1. The van der Waals surface area contributed by atoms with Gasteiger partial charge in [-0.2, -0.15) is 11.8 Å². The average molecular weight is 667 g/mol. The Balaban J connectivity index is 3.02. The van der Waals surface area contributed by atoms with E-state index in [0.717, 1.165) is 18.5 Å². The van der Waals surface area contributed by atoms with Gasteiger partial charge in [-0.3, -0.25) is 28.8 Å². The minimum absolute atomic E-state index is 0.213. The van der Waals surface area contributed by atoms with Crippen molar-refractivity contribution in [1.29, 1.82) is 0 Å². The number of nitrogens with two attached hydrogens (primary N) is 1. The number of thioether (sulfide) groups is 1. The third kappa shape index (κ3) is 16.0. The standard InChI is InChI=1S/C31H51N7O7S/c1-20(33-31(45)25(34-21(2)40)18-22-12-8-7-9-13-22)28(42)35-24(15-17-46-6)30(44)36-23(14-10-11-16-38(3,4)5)29(43)37-26(19-39)27(32)41/h7-9,12-13,20,23-26,39H,10-11,14-19H2,1-6H3,(H6-,32,33,34,35,36,37,40,41,42,43,44,45)/p+1/t20-,23-,24-,25-,26-/m0/s1. The van der Waals surface area contributed by atoms with Crippen LogP contribution in [0.5, 0.6) is 0 Å². The number of hydrogen-bond donors (Lipinski definition) is 7. The molecule has 1 aromatic rings. The maximum Gasteiger partial charge on any atom is 0.243 e. The first-order valence-corrected chi connectivity index (χ1v) is 16.7. The van der Waals surface area contributed by atoms with Crippen LogP contribution >= 0.6 is 11.8 Å². The molecule has 5 atom stereocenters. The van der Waals surface area contributed by atoms with Crippen LogP contribution in [0.1, 0.15) is 45.1 Å². The number of aliphatic hydroxyl groups is 1. The quantitative estimate of drug-likeness (QED) is 0.0625. The summed E-state index contributed by atoms with van der Waals surface area (Å²) in [5, 5.41) is 22.4. The van der Waals surface area contributed by atoms with Crippen molar-refractivity contribution < 1.29 is 38.4 Å². The Labute approximate surface area is 276 Å². The second-order valence-corrected chi connectivity index (χ2v) is 13.2. The molecule has 0 aromatic heterocycles. The molecule has 258 valence electrons. The van der Waals surface area contributed by atoms with Gasteiger partial charge in [0.25, 0.3) is 0 Å². The van der Waals surface area contributed by atoms with Crippen LogP contribution in [0.2, 0.25) is 0 Å². The van der Waals surface area contributed by atoms with Gasteiger partial charge in [0.15, 0.2) is 0 Å². The van der Waals surface area contributed by atoms with E-state index in [2.05, 4.69) is 26.6 Å². The number of carbonyl (C=O) groups excluding carboxylic acids is 6. The van der Waals surface area contributed by atoms with Crippen molar-refractivity contribution in [3.05, 3.63) is 35.9 Å². The Bertz CT molecular complexity index is 1160. The first kappa shape index (κ1) is 40.3. The summed E-state index contributed by atoms with van der Waals surface area (Å²) in [6, 6.07) is 3.71. The number of aliphatic hydroxyl groups excluding tert-OH is 1. The van der Waals surface area contributed by atoms with E-state index < -0.39 is 72.3 Å². The minimum Gasteiger partial charge on any atom is -0.394 e. The van der Waals surface area contributed by atoms with Crippen molar-refractivity contribution in [2.75, 3.05) is 46.3 Å². The van der Waals surface area contributed by atoms with Crippen LogP contribution in [0.25, 0.3) is 0 Å². The van der Waals surface area contributed by atoms with E-state index in [1.807, 2.05) is 57.7 Å². The lowest BCUT2D eigenvalue weighted by Gasteiger charge is -2.26. The molecule has 0 heterocycles. The van der Waals surface area contributed by atoms with Gasteiger partial charge in [0.05, 0.1) is 34.3 Å². The fourth-order valence-electron chi connectivity index (χ4n) is 4.44. The van der Waals surface area contributed by atoms with E-state index >= 15 is 0 Å². The molecule has 1 rings (SSSR count). The fraction of sp³-hybridized carbons (Fsp3) is 0.613. The molecule has 6 amide bonds. The van der Waals surface area contributed by atoms with Gasteiger partial charge < -0.3 is 41.9 Å². The van der Waals surface area contributed by atoms with Crippen LogP contribution < -0.4 is 32.3 Å². The van der Waals surface area contributed by atoms with Crippen molar-refractivity contribution in [2.45, 2.75) is 76.2 Å². The number of primary amides is 1. The van der Waals surface area contributed by atoms with Crippen molar-refractivity contribution >= 4 is 47.2 Å². The molecule has 8 N–H and O–H groups in total. The van der Waals surface area contributed by atoms with E-state index in [-0.39, 0.29) is 19.3 Å². The Morgan fingerprint density at radius 1 is 0.783 bits per heavy atom. The highest BCUT2D eigenvalue weighted by Crippen LogP contribution is 2.09. The third-order valence-corrected chi connectivity index (χ3v) is 7.66. The molecule has 0 bridgehead atoms. The molecule has 0 aliphatic rings. The Hall–Kier alpha value is -3.69. The number of nitrogens with one attached hydrogen (secondary N) is 5. The zero-order chi connectivity index (χ0) is 34.9. The Morgan fingerprint density at radius 3 is 1.85 bits per heavy atom. The molecule has 0 fully saturated rings. The molecule has 0 spiro atoms. The average Bonchev–Trinajstić information content (AvgIpc) is 2.98. The number of amides is 6. The number of nitrogens with zero attached hydrogens (tertiary/aromatic N) is 1. The normalized spacial score (nSPS) is 14.5. The Kier molecular flexibility index (Phi) is 17.9. The smallest absolute Gasteiger partial charge is 0.243 e. The predicted molar refractivity (Wildman–Crippen MR) is 177 cm³/mol. The van der Waals surface area contributed by atoms with Crippen molar-refractivity contribution in [2.24, 2.45) is 5.73 Å². The van der Waals surface area contributed by atoms with Gasteiger partial charge in [0, 0.05) is 13.3 Å². The molecule has 0 saturated carbocycles. The van der Waals surface area contributed by atoms with Gasteiger partial charge in [-0.25, -0.2) is 0 Å². The van der Waals surface area contributed by atoms with Crippen molar-refractivity contribution in [3.8, 4) is 0 Å². The van der Waals surface area contributed by atoms with Gasteiger partial charge >= 0.3 is 0 Å². The van der Waals surface area contributed by atoms with Crippen LogP contribution in [0, 0.1) is 0 Å². The molecular formula is C31H52N7O7S+. The van der Waals surface area contributed by atoms with Crippen LogP contribution in [0.4, 0.5) is 0 Å². The van der Waals surface area contributed by atoms with Gasteiger partial charge in [-0.15, -0.1) is 0 Å². The molecule has 14 nitrogen and oxygen atoms in total. The lowest BCUT2D eigenvalue weighted by molar-refractivity contribution is -0.870. The molecule has 0 aliphatic carbocycles. The minimum atomic E-state index is -1.32. The van der Waals surface area contributed by atoms with Gasteiger partial charge in [0.2, 0.25) is 35.4 Å². The largest absolute Gasteiger partial charge is 0.394 e. The molecular weight excluding hydrogens is 614 g/mol. The highest BCUT2D eigenvalue weighted by Gasteiger charge is 2.31. The van der Waals surface area contributed by atoms with Crippen LogP contribution in [0.15, 0.2) is 30.3 Å². The van der Waals surface area contributed by atoms with Crippen LogP contribution in [-0.2, 0) is 35.2 Å². The van der Waals surface area contributed by atoms with E-state index in [1.54, 1.807) is 0 Å². The van der Waals surface area contributed by atoms with E-state index in [4.69, 9.17) is 5.73 Å². The lowest BCUT2D eigenvalue weighted by Crippen LogP contribution is -2.59. The Morgan fingerprint density at radius 2 is 1.33 bits per heavy atom. The zero-order valence-corrected chi connectivity index (χ0v) is 28.6. The van der Waals surface area contributed by atoms with Gasteiger partial charge in [-0.1, -0.05) is 30.3 Å². The number of hydrogen-bond acceptors (Lipinski definition) is 8. The highest BCUT2D eigenvalue weighted by molar-refractivity contribution is 7.98. The molecule has 15 heteroatoms. The maximum atomic E-state index is 13.5. The maximum absolute atomic E-state index is 13.5. The SMILES string of the molecule is CSCC[C@H](NC(=O)[C@H](C)NC(=O)[C@H](Cc1ccccc1)NC(C)=O)C(=O)N[C@@H](CCCC[N+](C)(C)C)C(=O)N[C@@H](CO)C(N)=O. The highest BCUT2D eigenvalue weighted by atomic mass is 32.2. The third-order valence-electron chi connectivity index (χ3n) is 7.02. The van der Waals surface area contributed by atoms with Crippen LogP contribution in [-0.4, -0.2) is 122 Å². The summed E-state index contributed by atoms with van der Waals surface area (Å²) in [5.41, 5.74) is 6.08. The molecule has 0 unspecified atom stereocenters. The summed E-state index contributed by atoms with van der Waals surface area (Å²) in [6.45, 7) is 2.89. The first-order valence-electron chi connectivity index (χ1n) is 15.3. The summed E-state index contributed by atoms with van der Waals surface area (Å²) in [4.78, 5) is 76.2. The van der Waals surface area contributed by atoms with E-state index in [1.165, 1.54) is 25.6 Å². The van der Waals surface area contributed by atoms with Crippen molar-refractivity contribution in [1.82, 2.24) is 26.6 Å². The molecule has 46 heavy (non-hydrogen) atoms. The molecule has 1 aromatic carbocycles. The van der Waals surface area contributed by atoms with Gasteiger partial charge in [0.1, 0.15) is 30.2 Å². The molecule has 0 aliphatic heterocycles. The van der Waals surface area contributed by atoms with Crippen molar-refractivity contribution in [3.63, 3.8) is 0 Å². The molecule has 0 radical (unpaired) electrons. The van der Waals surface area contributed by atoms with Gasteiger partial charge in [-0.05, 0) is 50.2 Å². The second kappa shape index (κ2) is 20.4. The zero-order valence-electron chi connectivity index (χ0n) is 27.8. The second-order valence-electron chi connectivity index (χ2n) is 12.2. The number of rotatable bonds is 21. The predicted octanol–water partition coefficient (Wildman–Crippen LogP) is -1.20. The summed E-state index contributed by atoms with van der Waals surface area (Å²) < 4.78 is 0.715. The first-order chi connectivity index (χ1) is 21.6. The fourth-order valence-corrected chi connectivity index (χ4v) is 4.91. The number of unbranched alkanes of at least 4 members (excludes halogenated alkanes) is 1. The van der Waals surface area contributed by atoms with E-state index in [9.17, 15) is 33.9 Å². The topological polar surface area (TPSA) is 209 Å². The molecule has 0 saturated heterocycles.